The molecule has 2 N–H and O–H groups in total. The van der Waals surface area contributed by atoms with Crippen molar-refractivity contribution in [3.8, 4) is 39.9 Å². The fourth-order valence-corrected chi connectivity index (χ4v) is 3.68. The average molecular weight is 509 g/mol. The van der Waals surface area contributed by atoms with Crippen LogP contribution in [-0.2, 0) is 4.74 Å². The zero-order valence-corrected chi connectivity index (χ0v) is 21.4. The first-order valence-corrected chi connectivity index (χ1v) is 12.1. The van der Waals surface area contributed by atoms with Gasteiger partial charge in [-0.25, -0.2) is 9.78 Å². The van der Waals surface area contributed by atoms with Gasteiger partial charge >= 0.3 is 6.09 Å². The van der Waals surface area contributed by atoms with E-state index in [4.69, 9.17) is 19.4 Å². The van der Waals surface area contributed by atoms with E-state index in [1.54, 1.807) is 51.3 Å². The van der Waals surface area contributed by atoms with Gasteiger partial charge in [0.1, 0.15) is 11.3 Å². The number of hydrogen-bond donors (Lipinski definition) is 2. The van der Waals surface area contributed by atoms with Crippen molar-refractivity contribution in [3.05, 3.63) is 90.2 Å². The first-order valence-electron chi connectivity index (χ1n) is 12.1. The Balaban J connectivity index is 1.48. The van der Waals surface area contributed by atoms with Gasteiger partial charge in [-0.2, -0.15) is 5.26 Å². The summed E-state index contributed by atoms with van der Waals surface area (Å²) in [6, 6.07) is 24.2. The van der Waals surface area contributed by atoms with Crippen LogP contribution in [0, 0.1) is 11.3 Å². The van der Waals surface area contributed by atoms with Crippen molar-refractivity contribution in [1.29, 1.82) is 5.26 Å². The Morgan fingerprint density at radius 1 is 0.895 bits per heavy atom. The number of nitriles is 1. The lowest BCUT2D eigenvalue weighted by atomic mass is 10.00. The van der Waals surface area contributed by atoms with Crippen LogP contribution in [0.25, 0.3) is 33.8 Å². The van der Waals surface area contributed by atoms with Crippen molar-refractivity contribution >= 4 is 12.0 Å². The molecular weight excluding hydrogens is 480 g/mol. The zero-order chi connectivity index (χ0) is 27.1. The number of rotatable bonds is 7. The highest BCUT2D eigenvalue weighted by Crippen LogP contribution is 2.30. The molecule has 8 nitrogen and oxygen atoms in total. The van der Waals surface area contributed by atoms with Crippen molar-refractivity contribution in [2.24, 2.45) is 0 Å². The molecule has 0 aliphatic rings. The lowest BCUT2D eigenvalue weighted by Crippen LogP contribution is -2.37. The van der Waals surface area contributed by atoms with E-state index in [2.05, 4.69) is 16.7 Å². The van der Waals surface area contributed by atoms with Crippen LogP contribution < -0.4 is 10.6 Å². The van der Waals surface area contributed by atoms with Gasteiger partial charge in [-0.3, -0.25) is 4.79 Å². The maximum Gasteiger partial charge on any atom is 0.407 e. The normalized spacial score (nSPS) is 10.9. The molecule has 4 rings (SSSR count). The van der Waals surface area contributed by atoms with Crippen LogP contribution in [0.5, 0.6) is 0 Å². The summed E-state index contributed by atoms with van der Waals surface area (Å²) in [5, 5.41) is 14.5. The molecular formula is C30H28N4O4. The third kappa shape index (κ3) is 6.86. The van der Waals surface area contributed by atoms with Gasteiger partial charge in [0.05, 0.1) is 23.6 Å². The van der Waals surface area contributed by atoms with Crippen LogP contribution in [-0.4, -0.2) is 35.7 Å². The van der Waals surface area contributed by atoms with Gasteiger partial charge in [-0.1, -0.05) is 24.3 Å². The molecule has 0 saturated heterocycles. The van der Waals surface area contributed by atoms with E-state index in [-0.39, 0.29) is 19.0 Å². The van der Waals surface area contributed by atoms with Crippen LogP contribution in [0.1, 0.15) is 36.7 Å². The fourth-order valence-electron chi connectivity index (χ4n) is 3.68. The molecule has 0 unspecified atom stereocenters. The summed E-state index contributed by atoms with van der Waals surface area (Å²) in [5.74, 6) is 0.393. The summed E-state index contributed by atoms with van der Waals surface area (Å²) in [6.07, 6.45) is 1.07. The maximum absolute atomic E-state index is 12.6. The van der Waals surface area contributed by atoms with E-state index in [0.29, 0.717) is 22.6 Å². The number of nitrogens with one attached hydrogen (secondary N) is 2. The van der Waals surface area contributed by atoms with E-state index in [9.17, 15) is 9.59 Å². The Bertz CT molecular complexity index is 1450. The predicted octanol–water partition coefficient (Wildman–Crippen LogP) is 5.80. The van der Waals surface area contributed by atoms with Crippen LogP contribution in [0.3, 0.4) is 0 Å². The van der Waals surface area contributed by atoms with Crippen molar-refractivity contribution in [1.82, 2.24) is 15.6 Å². The first-order chi connectivity index (χ1) is 18.2. The zero-order valence-electron chi connectivity index (χ0n) is 21.4. The number of benzene rings is 2. The fraction of sp³-hybridized carbons (Fsp3) is 0.200. The summed E-state index contributed by atoms with van der Waals surface area (Å²) in [7, 11) is 0. The SMILES string of the molecule is CC(C)(C)OC(=O)NCCNC(=O)c1ccc(-c2cc(-c3ccc(C#N)cc3)nc(-c3ccco3)c2)cc1. The predicted molar refractivity (Wildman–Crippen MR) is 144 cm³/mol. The lowest BCUT2D eigenvalue weighted by Gasteiger charge is -2.19. The number of furan rings is 1. The quantitative estimate of drug-likeness (QED) is 0.305. The Morgan fingerprint density at radius 3 is 2.18 bits per heavy atom. The Kier molecular flexibility index (Phi) is 7.88. The van der Waals surface area contributed by atoms with Gasteiger partial charge in [0.15, 0.2) is 5.76 Å². The minimum atomic E-state index is -0.578. The van der Waals surface area contributed by atoms with Gasteiger partial charge in [0.25, 0.3) is 5.91 Å². The number of amides is 2. The first kappa shape index (κ1) is 26.2. The summed E-state index contributed by atoms with van der Waals surface area (Å²) in [4.78, 5) is 29.1. The molecule has 0 spiro atoms. The molecule has 0 aliphatic carbocycles. The van der Waals surface area contributed by atoms with Crippen LogP contribution in [0.15, 0.2) is 83.5 Å². The minimum absolute atomic E-state index is 0.244. The molecule has 2 heterocycles. The Hall–Kier alpha value is -4.90. The van der Waals surface area contributed by atoms with Gasteiger partial charge < -0.3 is 19.8 Å². The summed E-state index contributed by atoms with van der Waals surface area (Å²) >= 11 is 0. The van der Waals surface area contributed by atoms with E-state index in [0.717, 1.165) is 22.4 Å². The van der Waals surface area contributed by atoms with Gasteiger partial charge in [-0.05, 0) is 80.4 Å². The van der Waals surface area contributed by atoms with Crippen molar-refractivity contribution < 1.29 is 18.7 Å². The number of pyridine rings is 1. The second kappa shape index (κ2) is 11.4. The molecule has 4 aromatic rings. The van der Waals surface area contributed by atoms with Gasteiger partial charge in [-0.15, -0.1) is 0 Å². The van der Waals surface area contributed by atoms with Gasteiger partial charge in [0, 0.05) is 24.2 Å². The monoisotopic (exact) mass is 508 g/mol. The number of carbonyl (C=O) groups is 2. The van der Waals surface area contributed by atoms with E-state index >= 15 is 0 Å². The molecule has 2 amide bonds. The second-order valence-corrected chi connectivity index (χ2v) is 9.55. The van der Waals surface area contributed by atoms with Crippen molar-refractivity contribution in [3.63, 3.8) is 0 Å². The number of hydrogen-bond acceptors (Lipinski definition) is 6. The largest absolute Gasteiger partial charge is 0.463 e. The molecule has 0 bridgehead atoms. The average Bonchev–Trinajstić information content (AvgIpc) is 3.45. The number of carbonyl (C=O) groups excluding carboxylic acids is 2. The van der Waals surface area contributed by atoms with Crippen LogP contribution >= 0.6 is 0 Å². The Morgan fingerprint density at radius 2 is 1.55 bits per heavy atom. The van der Waals surface area contributed by atoms with Gasteiger partial charge in [0.2, 0.25) is 0 Å². The highest BCUT2D eigenvalue weighted by molar-refractivity contribution is 5.94. The molecule has 2 aromatic carbocycles. The van der Waals surface area contributed by atoms with Crippen LogP contribution in [0.2, 0.25) is 0 Å². The molecule has 0 aliphatic heterocycles. The smallest absolute Gasteiger partial charge is 0.407 e. The number of alkyl carbamates (subject to hydrolysis) is 1. The molecule has 38 heavy (non-hydrogen) atoms. The maximum atomic E-state index is 12.6. The van der Waals surface area contributed by atoms with Crippen LogP contribution in [0.4, 0.5) is 4.79 Å². The standard InChI is InChI=1S/C30H28N4O4/c1-30(2,3)38-29(36)33-15-14-32-28(35)23-12-10-21(11-13-23)24-17-25(22-8-6-20(19-31)7-9-22)34-26(18-24)27-5-4-16-37-27/h4-13,16-18H,14-15H2,1-3H3,(H,32,35)(H,33,36). The Labute approximate surface area is 221 Å². The number of nitrogens with zero attached hydrogens (tertiary/aromatic N) is 2. The summed E-state index contributed by atoms with van der Waals surface area (Å²) < 4.78 is 10.8. The molecule has 192 valence electrons. The third-order valence-electron chi connectivity index (χ3n) is 5.47. The topological polar surface area (TPSA) is 117 Å². The molecule has 0 radical (unpaired) electrons. The summed E-state index contributed by atoms with van der Waals surface area (Å²) in [5.41, 5.74) is 4.58. The molecule has 2 aromatic heterocycles. The van der Waals surface area contributed by atoms with Crippen molar-refractivity contribution in [2.45, 2.75) is 26.4 Å². The highest BCUT2D eigenvalue weighted by Gasteiger charge is 2.16. The second-order valence-electron chi connectivity index (χ2n) is 9.55. The molecule has 8 heteroatoms. The van der Waals surface area contributed by atoms with E-state index in [1.165, 1.54) is 0 Å². The van der Waals surface area contributed by atoms with E-state index < -0.39 is 11.7 Å². The number of aromatic nitrogens is 1. The number of ether oxygens (including phenoxy) is 1. The highest BCUT2D eigenvalue weighted by atomic mass is 16.6. The molecule has 0 atom stereocenters. The molecule has 0 saturated carbocycles. The summed E-state index contributed by atoms with van der Waals surface area (Å²) in [6.45, 7) is 5.88. The molecule has 0 fully saturated rings. The minimum Gasteiger partial charge on any atom is -0.463 e. The third-order valence-corrected chi connectivity index (χ3v) is 5.47. The van der Waals surface area contributed by atoms with E-state index in [1.807, 2.05) is 48.5 Å². The lowest BCUT2D eigenvalue weighted by molar-refractivity contribution is 0.0526. The van der Waals surface area contributed by atoms with Crippen molar-refractivity contribution in [2.75, 3.05) is 13.1 Å².